The first-order valence-electron chi connectivity index (χ1n) is 7.07. The molecule has 6 heteroatoms. The van der Waals surface area contributed by atoms with Crippen LogP contribution >= 0.6 is 0 Å². The van der Waals surface area contributed by atoms with Gasteiger partial charge in [0.15, 0.2) is 0 Å². The summed E-state index contributed by atoms with van der Waals surface area (Å²) in [5.41, 5.74) is 1.43. The molecule has 0 amide bonds. The lowest BCUT2D eigenvalue weighted by Crippen LogP contribution is -2.15. The SMILES string of the molecule is [C-]#[N+]C(=CC=CC=Cc1c(C)[nH]n(-c2ccccc2)c1=O)C(=O)O. The van der Waals surface area contributed by atoms with E-state index in [-0.39, 0.29) is 11.3 Å². The van der Waals surface area contributed by atoms with Crippen molar-refractivity contribution < 1.29 is 9.90 Å². The van der Waals surface area contributed by atoms with Gasteiger partial charge in [-0.2, -0.15) is 0 Å². The van der Waals surface area contributed by atoms with Crippen LogP contribution in [0.5, 0.6) is 0 Å². The van der Waals surface area contributed by atoms with Crippen LogP contribution in [-0.4, -0.2) is 20.9 Å². The maximum atomic E-state index is 12.4. The van der Waals surface area contributed by atoms with Crippen molar-refractivity contribution in [3.63, 3.8) is 0 Å². The molecule has 0 saturated heterocycles. The molecule has 0 fully saturated rings. The number of aromatic amines is 1. The first kappa shape index (κ1) is 16.8. The molecule has 2 aromatic rings. The number of carboxylic acids is 1. The molecule has 0 spiro atoms. The molecule has 2 N–H and O–H groups in total. The van der Waals surface area contributed by atoms with E-state index in [0.717, 1.165) is 11.4 Å². The van der Waals surface area contributed by atoms with Crippen LogP contribution < -0.4 is 5.56 Å². The number of para-hydroxylation sites is 1. The fourth-order valence-electron chi connectivity index (χ4n) is 2.03. The summed E-state index contributed by atoms with van der Waals surface area (Å²) in [6.45, 7) is 8.52. The molecule has 0 aliphatic carbocycles. The topological polar surface area (TPSA) is 79.5 Å². The minimum Gasteiger partial charge on any atom is -0.486 e. The van der Waals surface area contributed by atoms with Gasteiger partial charge in [-0.15, -0.1) is 0 Å². The second-order valence-corrected chi connectivity index (χ2v) is 4.84. The average molecular weight is 321 g/mol. The minimum absolute atomic E-state index is 0.175. The van der Waals surface area contributed by atoms with Crippen LogP contribution in [0.1, 0.15) is 11.3 Å². The summed E-state index contributed by atoms with van der Waals surface area (Å²) in [6, 6.07) is 9.22. The number of aryl methyl sites for hydroxylation is 1. The van der Waals surface area contributed by atoms with Crippen molar-refractivity contribution in [3.8, 4) is 5.69 Å². The van der Waals surface area contributed by atoms with E-state index in [4.69, 9.17) is 11.7 Å². The summed E-state index contributed by atoms with van der Waals surface area (Å²) in [5.74, 6) is -1.27. The Kier molecular flexibility index (Phi) is 5.32. The number of H-pyrrole nitrogens is 1. The predicted octanol–water partition coefficient (Wildman–Crippen LogP) is 2.93. The highest BCUT2D eigenvalue weighted by atomic mass is 16.4. The molecular weight excluding hydrogens is 306 g/mol. The maximum Gasteiger partial charge on any atom is 0.333 e. The number of rotatable bonds is 5. The van der Waals surface area contributed by atoms with Gasteiger partial charge in [-0.25, -0.2) is 9.53 Å². The van der Waals surface area contributed by atoms with E-state index in [9.17, 15) is 9.59 Å². The predicted molar refractivity (Wildman–Crippen MR) is 91.6 cm³/mol. The molecular formula is C18H15N3O3. The van der Waals surface area contributed by atoms with Crippen LogP contribution in [0.15, 0.2) is 65.1 Å². The number of nitrogens with zero attached hydrogens (tertiary/aromatic N) is 2. The van der Waals surface area contributed by atoms with E-state index >= 15 is 0 Å². The van der Waals surface area contributed by atoms with Crippen molar-refractivity contribution in [2.24, 2.45) is 0 Å². The number of benzene rings is 1. The van der Waals surface area contributed by atoms with Crippen molar-refractivity contribution in [2.75, 3.05) is 0 Å². The first-order chi connectivity index (χ1) is 11.5. The molecule has 120 valence electrons. The van der Waals surface area contributed by atoms with Gasteiger partial charge < -0.3 is 5.11 Å². The molecule has 1 heterocycles. The fraction of sp³-hybridized carbons (Fsp3) is 0.0556. The van der Waals surface area contributed by atoms with Gasteiger partial charge in [0.2, 0.25) is 0 Å². The Balaban J connectivity index is 2.23. The second kappa shape index (κ2) is 7.61. The van der Waals surface area contributed by atoms with Crippen LogP contribution in [0.4, 0.5) is 0 Å². The Bertz CT molecular complexity index is 923. The molecule has 1 aromatic carbocycles. The van der Waals surface area contributed by atoms with E-state index < -0.39 is 5.97 Å². The molecule has 0 aliphatic heterocycles. The number of hydrogen-bond acceptors (Lipinski definition) is 2. The summed E-state index contributed by atoms with van der Waals surface area (Å²) in [6.07, 6.45) is 7.46. The summed E-state index contributed by atoms with van der Waals surface area (Å²) >= 11 is 0. The number of hydrogen-bond donors (Lipinski definition) is 2. The lowest BCUT2D eigenvalue weighted by molar-refractivity contribution is -0.132. The number of aliphatic carboxylic acids is 1. The number of allylic oxidation sites excluding steroid dienone is 4. The lowest BCUT2D eigenvalue weighted by atomic mass is 10.2. The van der Waals surface area contributed by atoms with Gasteiger partial charge >= 0.3 is 5.97 Å². The van der Waals surface area contributed by atoms with E-state index in [1.165, 1.54) is 16.8 Å². The van der Waals surface area contributed by atoms with Crippen molar-refractivity contribution in [3.05, 3.63) is 93.4 Å². The molecule has 0 unspecified atom stereocenters. The number of carboxylic acid groups (broad SMARTS) is 1. The number of carbonyl (C=O) groups is 1. The zero-order valence-corrected chi connectivity index (χ0v) is 12.9. The van der Waals surface area contributed by atoms with Crippen molar-refractivity contribution >= 4 is 12.0 Å². The molecule has 0 saturated carbocycles. The summed E-state index contributed by atoms with van der Waals surface area (Å²) in [7, 11) is 0. The van der Waals surface area contributed by atoms with Crippen LogP contribution in [0.3, 0.4) is 0 Å². The molecule has 24 heavy (non-hydrogen) atoms. The van der Waals surface area contributed by atoms with Crippen LogP contribution in [-0.2, 0) is 4.79 Å². The van der Waals surface area contributed by atoms with Crippen molar-refractivity contribution in [2.45, 2.75) is 6.92 Å². The average Bonchev–Trinajstić information content (AvgIpc) is 2.86. The van der Waals surface area contributed by atoms with E-state index in [2.05, 4.69) is 9.94 Å². The lowest BCUT2D eigenvalue weighted by Gasteiger charge is -1.99. The van der Waals surface area contributed by atoms with Gasteiger partial charge in [0.05, 0.1) is 17.8 Å². The van der Waals surface area contributed by atoms with Crippen molar-refractivity contribution in [1.29, 1.82) is 0 Å². The van der Waals surface area contributed by atoms with Gasteiger partial charge in [0, 0.05) is 5.69 Å². The number of nitrogens with one attached hydrogen (secondary N) is 1. The highest BCUT2D eigenvalue weighted by Crippen LogP contribution is 2.08. The van der Waals surface area contributed by atoms with E-state index in [1.54, 1.807) is 25.2 Å². The third-order valence-electron chi connectivity index (χ3n) is 3.21. The molecule has 2 rings (SSSR count). The fourth-order valence-corrected chi connectivity index (χ4v) is 2.03. The Hall–Kier alpha value is -3.59. The van der Waals surface area contributed by atoms with Gasteiger partial charge in [-0.3, -0.25) is 14.7 Å². The van der Waals surface area contributed by atoms with Crippen LogP contribution in [0.25, 0.3) is 16.6 Å². The Morgan fingerprint density at radius 2 is 1.96 bits per heavy atom. The highest BCUT2D eigenvalue weighted by molar-refractivity contribution is 5.88. The first-order valence-corrected chi connectivity index (χ1v) is 7.07. The Morgan fingerprint density at radius 3 is 2.58 bits per heavy atom. The van der Waals surface area contributed by atoms with Crippen molar-refractivity contribution in [1.82, 2.24) is 9.78 Å². The third kappa shape index (κ3) is 3.78. The van der Waals surface area contributed by atoms with Crippen LogP contribution in [0.2, 0.25) is 0 Å². The second-order valence-electron chi connectivity index (χ2n) is 4.84. The molecule has 0 aliphatic rings. The molecule has 0 radical (unpaired) electrons. The monoisotopic (exact) mass is 321 g/mol. The van der Waals surface area contributed by atoms with Gasteiger partial charge in [0.25, 0.3) is 11.3 Å². The molecule has 0 bridgehead atoms. The normalized spacial score (nSPS) is 11.9. The van der Waals surface area contributed by atoms with Gasteiger partial charge in [-0.05, 0) is 31.2 Å². The maximum absolute atomic E-state index is 12.4. The zero-order valence-electron chi connectivity index (χ0n) is 12.9. The van der Waals surface area contributed by atoms with E-state index in [1.807, 2.05) is 30.3 Å². The highest BCUT2D eigenvalue weighted by Gasteiger charge is 2.09. The molecule has 0 atom stereocenters. The molecule has 1 aromatic heterocycles. The quantitative estimate of drug-likeness (QED) is 0.505. The van der Waals surface area contributed by atoms with Crippen LogP contribution in [0, 0.1) is 13.5 Å². The molecule has 6 nitrogen and oxygen atoms in total. The largest absolute Gasteiger partial charge is 0.486 e. The van der Waals surface area contributed by atoms with E-state index in [0.29, 0.717) is 5.56 Å². The summed E-state index contributed by atoms with van der Waals surface area (Å²) in [4.78, 5) is 26.0. The standard InChI is InChI=1S/C18H15N3O3/c1-13-15(11-7-4-8-12-16(19-2)18(23)24)17(22)21(20-13)14-9-5-3-6-10-14/h3-12,20H,1H3,(H,23,24). The minimum atomic E-state index is -1.27. The Morgan fingerprint density at radius 1 is 1.25 bits per heavy atom. The smallest absolute Gasteiger partial charge is 0.333 e. The summed E-state index contributed by atoms with van der Waals surface area (Å²) < 4.78 is 1.46. The zero-order chi connectivity index (χ0) is 17.5. The van der Waals surface area contributed by atoms with Gasteiger partial charge in [-0.1, -0.05) is 36.4 Å². The van der Waals surface area contributed by atoms with Gasteiger partial charge in [0.1, 0.15) is 0 Å². The number of aromatic nitrogens is 2. The summed E-state index contributed by atoms with van der Waals surface area (Å²) in [5, 5.41) is 11.7. The Labute approximate surface area is 138 Å². The third-order valence-corrected chi connectivity index (χ3v) is 3.21.